The van der Waals surface area contributed by atoms with Crippen LogP contribution in [0.1, 0.15) is 134 Å². The van der Waals surface area contributed by atoms with Crippen LogP contribution in [0.25, 0.3) is 21.8 Å². The minimum absolute atomic E-state index is 0.0448. The molecule has 3 aromatic carbocycles. The molecule has 0 saturated carbocycles. The number of phenolic OH excluding ortho intramolecular Hbond substituents is 1. The van der Waals surface area contributed by atoms with Gasteiger partial charge in [0.25, 0.3) is 0 Å². The second kappa shape index (κ2) is 49.6. The lowest BCUT2D eigenvalue weighted by atomic mass is 9.99. The third-order valence-electron chi connectivity index (χ3n) is 23.4. The summed E-state index contributed by atoms with van der Waals surface area (Å²) >= 11 is 0.691. The molecule has 8 rings (SSSR count). The highest BCUT2D eigenvalue weighted by Gasteiger charge is 2.47. The van der Waals surface area contributed by atoms with Gasteiger partial charge in [-0.2, -0.15) is 0 Å². The number of nitrogens with one attached hydrogen (secondary N) is 12. The lowest BCUT2D eigenvalue weighted by Gasteiger charge is -2.36. The Balaban J connectivity index is 1.19. The standard InChI is InChI=1S/C87H120N20O24S/c1-7-9-20-65-80(124)96-56(27-29-72(114)115)76(120)102-64(75(119)93-41-70(90)112)44-132-45-71(113)94-60(34-47-23-25-50(109)26-24-47)83(127)103(4)46(3)74(118)99-62(38-69(89)111)86(130)106-33-15-22-66(106)81(125)101-63(43-108)79(123)97-58(28-30-73(116)117)85(129)107-42-51(110)37-68(107)82(126)98-59(35-48-39-91-54-18-13-11-16-52(48)54)78(122)95-57(31-32-88)77(121)100-61(36-49-40-92-55-19-14-12-17-53(49)55)84(128)105(6)67(21-10-8-2)87(131)104(65)5/h11-14,16-19,23-26,39-40,46,51,56-68,91-92,108-110H,7-10,15,20-22,27-38,41-45,88H2,1-6H3,(H2,89,111)(H2,90,112)(H,93,119)(H,94,113)(H,95,122)(H,96,124)(H,97,123)(H,98,126)(H,99,118)(H,100,121)(H,101,125)(H,102,120)(H,114,115)(H,116,117)/t46-,51+,56-,57-,58-,59-,60-,61-,62+,63-,64-,65-,66-,67-,68-/m0/s1. The van der Waals surface area contributed by atoms with Crippen molar-refractivity contribution in [1.82, 2.24) is 87.6 Å². The van der Waals surface area contributed by atoms with Crippen LogP contribution in [0.3, 0.4) is 0 Å². The number of unbranched alkanes of at least 4 members (excludes halogenated alkanes) is 2. The smallest absolute Gasteiger partial charge is 0.303 e. The van der Waals surface area contributed by atoms with Gasteiger partial charge in [-0.25, -0.2) is 0 Å². The molecule has 0 radical (unpaired) electrons. The van der Waals surface area contributed by atoms with Crippen LogP contribution in [-0.4, -0.2) is 328 Å². The molecule has 44 nitrogen and oxygen atoms in total. The monoisotopic (exact) mass is 1860 g/mol. The van der Waals surface area contributed by atoms with Gasteiger partial charge in [0.1, 0.15) is 90.3 Å². The highest BCUT2D eigenvalue weighted by atomic mass is 32.2. The Morgan fingerprint density at radius 2 is 1.00 bits per heavy atom. The van der Waals surface area contributed by atoms with Gasteiger partial charge >= 0.3 is 11.9 Å². The molecule has 5 aromatic rings. The summed E-state index contributed by atoms with van der Waals surface area (Å²) in [7, 11) is 3.76. The van der Waals surface area contributed by atoms with Gasteiger partial charge in [0.15, 0.2) is 0 Å². The van der Waals surface area contributed by atoms with E-state index in [2.05, 4.69) is 63.1 Å². The summed E-state index contributed by atoms with van der Waals surface area (Å²) in [6.45, 7) is 1.73. The quantitative estimate of drug-likeness (QED) is 0.0250. The number of phenols is 1. The molecule has 5 heterocycles. The fourth-order valence-corrected chi connectivity index (χ4v) is 16.8. The molecule has 23 N–H and O–H groups in total. The molecule has 0 aliphatic carbocycles. The van der Waals surface area contributed by atoms with Gasteiger partial charge in [-0.3, -0.25) is 91.1 Å². The van der Waals surface area contributed by atoms with Crippen LogP contribution in [0.2, 0.25) is 0 Å². The number of H-pyrrole nitrogens is 2. The largest absolute Gasteiger partial charge is 0.508 e. The number of likely N-dealkylation sites (N-methyl/N-ethyl adjacent to an activating group) is 3. The predicted molar refractivity (Wildman–Crippen MR) is 476 cm³/mol. The summed E-state index contributed by atoms with van der Waals surface area (Å²) in [5, 5.41) is 78.6. The average molecular weight is 1860 g/mol. The van der Waals surface area contributed by atoms with E-state index in [9.17, 15) is 83.1 Å². The average Bonchev–Trinajstić information content (AvgIpc) is 1.65. The van der Waals surface area contributed by atoms with Crippen LogP contribution in [0.4, 0.5) is 0 Å². The predicted octanol–water partition coefficient (Wildman–Crippen LogP) is -4.13. The summed E-state index contributed by atoms with van der Waals surface area (Å²) in [5.74, 6) is -21.9. The van der Waals surface area contributed by atoms with Crippen LogP contribution in [0.5, 0.6) is 5.75 Å². The Hall–Kier alpha value is -13.3. The van der Waals surface area contributed by atoms with Crippen molar-refractivity contribution < 1.29 is 117 Å². The molecule has 45 heteroatoms. The minimum Gasteiger partial charge on any atom is -0.508 e. The number of carboxylic acid groups (broad SMARTS) is 2. The number of thioether (sulfide) groups is 1. The van der Waals surface area contributed by atoms with Crippen molar-refractivity contribution in [3.05, 3.63) is 102 Å². The van der Waals surface area contributed by atoms with Gasteiger partial charge in [-0.05, 0) is 99.4 Å². The summed E-state index contributed by atoms with van der Waals surface area (Å²) in [6, 6.07) is -4.05. The van der Waals surface area contributed by atoms with E-state index < -0.39 is 273 Å². The number of aliphatic hydroxyl groups excluding tert-OH is 2. The van der Waals surface area contributed by atoms with Crippen LogP contribution in [0.15, 0.2) is 85.2 Å². The van der Waals surface area contributed by atoms with Gasteiger partial charge in [0, 0.05) is 113 Å². The molecule has 0 bridgehead atoms. The number of nitrogens with zero attached hydrogens (tertiary/aromatic N) is 5. The number of aromatic hydroxyl groups is 1. The normalized spacial score (nSPS) is 25.0. The summed E-state index contributed by atoms with van der Waals surface area (Å²) < 4.78 is 0. The fraction of sp³-hybridized carbons (Fsp3) is 0.529. The van der Waals surface area contributed by atoms with E-state index in [4.69, 9.17) is 17.2 Å². The first-order valence-electron chi connectivity index (χ1n) is 43.6. The van der Waals surface area contributed by atoms with E-state index in [1.54, 1.807) is 67.8 Å². The fourth-order valence-electron chi connectivity index (χ4n) is 16.0. The number of hydrogen-bond acceptors (Lipinski definition) is 24. The number of benzene rings is 3. The second-order valence-electron chi connectivity index (χ2n) is 33.0. The molecule has 15 atom stereocenters. The van der Waals surface area contributed by atoms with E-state index in [0.29, 0.717) is 69.5 Å². The number of carboxylic acids is 2. The van der Waals surface area contributed by atoms with Crippen molar-refractivity contribution >= 4 is 146 Å². The van der Waals surface area contributed by atoms with Gasteiger partial charge in [-0.15, -0.1) is 11.8 Å². The number of aromatic nitrogens is 2. The number of carbonyl (C=O) groups excluding carboxylic acids is 17. The van der Waals surface area contributed by atoms with Crippen LogP contribution in [-0.2, 0) is 110 Å². The van der Waals surface area contributed by atoms with E-state index in [0.717, 1.165) is 31.5 Å². The van der Waals surface area contributed by atoms with E-state index in [1.165, 1.54) is 45.3 Å². The van der Waals surface area contributed by atoms with E-state index in [1.807, 2.05) is 6.92 Å². The number of aromatic amines is 2. The van der Waals surface area contributed by atoms with Crippen LogP contribution >= 0.6 is 11.8 Å². The number of fused-ring (bicyclic) bond motifs is 4. The summed E-state index contributed by atoms with van der Waals surface area (Å²) in [4.78, 5) is 283. The highest BCUT2D eigenvalue weighted by molar-refractivity contribution is 8.00. The number of carbonyl (C=O) groups is 19. The molecule has 3 aliphatic heterocycles. The van der Waals surface area contributed by atoms with E-state index >= 15 is 33.6 Å². The number of aliphatic hydroxyl groups is 2. The number of nitrogens with two attached hydrogens (primary N) is 3. The first-order valence-corrected chi connectivity index (χ1v) is 44.8. The van der Waals surface area contributed by atoms with Gasteiger partial charge in [0.2, 0.25) is 100 Å². The number of rotatable bonds is 26. The molecule has 3 aliphatic rings. The van der Waals surface area contributed by atoms with Crippen molar-refractivity contribution in [2.24, 2.45) is 17.2 Å². The van der Waals surface area contributed by atoms with Crippen molar-refractivity contribution in [3.63, 3.8) is 0 Å². The minimum atomic E-state index is -1.98. The number of amides is 17. The molecule has 3 fully saturated rings. The molecule has 132 heavy (non-hydrogen) atoms. The topological polar surface area (TPSA) is 672 Å². The number of primary amides is 2. The maximum Gasteiger partial charge on any atom is 0.303 e. The molecular formula is C87H120N20O24S. The van der Waals surface area contributed by atoms with Gasteiger partial charge in [-0.1, -0.05) is 88.1 Å². The second-order valence-corrected chi connectivity index (χ2v) is 34.1. The Morgan fingerprint density at radius 3 is 1.59 bits per heavy atom. The van der Waals surface area contributed by atoms with Crippen molar-refractivity contribution in [1.29, 1.82) is 0 Å². The Kier molecular flexibility index (Phi) is 39.1. The number of aliphatic carboxylic acids is 2. The van der Waals surface area contributed by atoms with Crippen molar-refractivity contribution in [2.75, 3.05) is 65.4 Å². The van der Waals surface area contributed by atoms with Crippen LogP contribution in [0, 0.1) is 0 Å². The molecule has 718 valence electrons. The lowest BCUT2D eigenvalue weighted by molar-refractivity contribution is -0.149. The lowest BCUT2D eigenvalue weighted by Crippen LogP contribution is -2.61. The zero-order valence-corrected chi connectivity index (χ0v) is 75.1. The summed E-state index contributed by atoms with van der Waals surface area (Å²) in [6.07, 6.45) is -2.56. The Morgan fingerprint density at radius 1 is 0.508 bits per heavy atom. The van der Waals surface area contributed by atoms with Crippen LogP contribution < -0.4 is 70.4 Å². The first-order chi connectivity index (χ1) is 62.8. The number of para-hydroxylation sites is 2. The third kappa shape index (κ3) is 28.8. The number of hydrogen-bond donors (Lipinski definition) is 20. The maximum absolute atomic E-state index is 15.7. The van der Waals surface area contributed by atoms with E-state index in [-0.39, 0.29) is 76.6 Å². The van der Waals surface area contributed by atoms with Crippen molar-refractivity contribution in [2.45, 2.75) is 227 Å². The van der Waals surface area contributed by atoms with Gasteiger partial charge in [0.05, 0.1) is 31.4 Å². The Labute approximate surface area is 764 Å². The zero-order valence-electron chi connectivity index (χ0n) is 74.3. The SMILES string of the molecule is CCCC[C@H]1C(=O)N(C)[C@@H](CCCC)C(=O)N[C@@H](CCC(=O)O)C(=O)N[C@H](C(=O)NCC(N)=O)CSCC(=O)N[C@@H](Cc2ccc(O)cc2)C(=O)N(C)[C@@H](C)C(=O)N[C@H](CC(N)=O)C(=O)N2CCC[C@H]2C(=O)N[C@@H](CO)C(=O)N[C@@H](CCC(=O)O)C(=O)N2C[C@H](O)C[C@H]2C(=O)N[C@@H](Cc2c[nH]c3ccccc23)C(=O)N[C@@H](CCN)C(=O)N[C@@H](Cc2c[nH]c3ccccc23)C(=O)N1C. The van der Waals surface area contributed by atoms with Gasteiger partial charge < -0.3 is 130 Å². The molecule has 17 amide bonds. The third-order valence-corrected chi connectivity index (χ3v) is 24.4. The summed E-state index contributed by atoms with van der Waals surface area (Å²) in [5.41, 5.74) is 19.7. The zero-order chi connectivity index (χ0) is 96.9. The maximum atomic E-state index is 15.7. The molecular weight excluding hydrogens is 1740 g/mol. The molecule has 0 unspecified atom stereocenters. The van der Waals surface area contributed by atoms with Crippen molar-refractivity contribution in [3.8, 4) is 5.75 Å². The Bertz CT molecular complexity index is 5010. The molecule has 3 saturated heterocycles. The highest BCUT2D eigenvalue weighted by Crippen LogP contribution is 2.28. The molecule has 0 spiro atoms. The molecule has 2 aromatic heterocycles. The first kappa shape index (κ1) is 104.